The quantitative estimate of drug-likeness (QED) is 0.385. The van der Waals surface area contributed by atoms with E-state index in [0.717, 1.165) is 56.4 Å². The molecule has 37 heavy (non-hydrogen) atoms. The molecule has 0 spiro atoms. The van der Waals surface area contributed by atoms with Crippen LogP contribution in [0.5, 0.6) is 0 Å². The Morgan fingerprint density at radius 1 is 1.24 bits per heavy atom. The average molecular weight is 523 g/mol. The molecule has 208 valence electrons. The van der Waals surface area contributed by atoms with Crippen LogP contribution in [0.3, 0.4) is 0 Å². The average Bonchev–Trinajstić information content (AvgIpc) is 2.91. The Morgan fingerprint density at radius 3 is 2.76 bits per heavy atom. The first-order chi connectivity index (χ1) is 17.9. The van der Waals surface area contributed by atoms with E-state index in [0.29, 0.717) is 25.6 Å². The number of likely N-dealkylation sites (N-methyl/N-ethyl adjacent to an activating group) is 1. The fourth-order valence-corrected chi connectivity index (χ4v) is 5.34. The molecular weight excluding hydrogens is 479 g/mol. The van der Waals surface area contributed by atoms with Crippen LogP contribution >= 0.6 is 0 Å². The van der Waals surface area contributed by atoms with Crippen LogP contribution in [0.4, 0.5) is 14.0 Å². The summed E-state index contributed by atoms with van der Waals surface area (Å²) in [7, 11) is 3.21. The van der Waals surface area contributed by atoms with Crippen molar-refractivity contribution in [2.45, 2.75) is 51.2 Å². The number of urea groups is 1. The maximum atomic E-state index is 14.2. The Kier molecular flexibility index (Phi) is 11.9. The van der Waals surface area contributed by atoms with Crippen LogP contribution in [0.1, 0.15) is 49.3 Å². The number of carbonyl (C=O) groups is 2. The minimum Gasteiger partial charge on any atom is -0.453 e. The predicted molar refractivity (Wildman–Crippen MR) is 139 cm³/mol. The molecule has 3 atom stereocenters. The van der Waals surface area contributed by atoms with Crippen LogP contribution in [0, 0.1) is 24.6 Å². The fourth-order valence-electron chi connectivity index (χ4n) is 5.34. The number of alkyl carbamates (subject to hydrolysis) is 1. The molecule has 3 rings (SSSR count). The summed E-state index contributed by atoms with van der Waals surface area (Å²) in [6.45, 7) is 5.92. The van der Waals surface area contributed by atoms with Crippen molar-refractivity contribution in [3.63, 3.8) is 0 Å². The van der Waals surface area contributed by atoms with E-state index in [2.05, 4.69) is 20.7 Å². The lowest BCUT2D eigenvalue weighted by atomic mass is 9.86. The first-order valence-corrected chi connectivity index (χ1v) is 13.4. The van der Waals surface area contributed by atoms with Gasteiger partial charge in [0.05, 0.1) is 19.8 Å². The van der Waals surface area contributed by atoms with Gasteiger partial charge in [0, 0.05) is 51.4 Å². The topological polar surface area (TPSA) is 101 Å². The number of methoxy groups -OCH3 is 1. The van der Waals surface area contributed by atoms with Crippen molar-refractivity contribution in [3.05, 3.63) is 35.1 Å². The van der Waals surface area contributed by atoms with E-state index in [1.165, 1.54) is 19.2 Å². The Hall–Kier alpha value is -2.43. The van der Waals surface area contributed by atoms with Crippen LogP contribution in [-0.4, -0.2) is 83.2 Å². The molecule has 0 aromatic heterocycles. The number of carbonyl (C=O) groups excluding carboxylic acids is 2. The van der Waals surface area contributed by atoms with Crippen molar-refractivity contribution < 1.29 is 28.2 Å². The SMILES string of the molecule is CNC[C@H](CC1CCOCC1)NC(=O)N1CCC[C@@H]([C@@H](OCCNC(=O)OC)c2cc(F)ccc2C)C1. The lowest BCUT2D eigenvalue weighted by Gasteiger charge is -2.38. The summed E-state index contributed by atoms with van der Waals surface area (Å²) in [5.41, 5.74) is 1.71. The van der Waals surface area contributed by atoms with Crippen molar-refractivity contribution in [3.8, 4) is 0 Å². The monoisotopic (exact) mass is 522 g/mol. The summed E-state index contributed by atoms with van der Waals surface area (Å²) >= 11 is 0. The van der Waals surface area contributed by atoms with Gasteiger partial charge in [0.2, 0.25) is 0 Å². The molecule has 3 N–H and O–H groups in total. The standard InChI is InChI=1S/C27H43FN4O5/c1-19-6-7-22(28)16-24(19)25(37-14-10-30-27(34)35-3)21-5-4-11-32(18-21)26(33)31-23(17-29-2)15-20-8-12-36-13-9-20/h6-7,16,20-21,23,25,29H,4-5,8-15,17-18H2,1-3H3,(H,30,34)(H,31,33)/t21-,23+,25-/m1/s1. The van der Waals surface area contributed by atoms with Gasteiger partial charge in [0.15, 0.2) is 0 Å². The number of likely N-dealkylation sites (tertiary alicyclic amines) is 1. The summed E-state index contributed by atoms with van der Waals surface area (Å²) in [5, 5.41) is 9.07. The molecule has 2 aliphatic rings. The van der Waals surface area contributed by atoms with Gasteiger partial charge in [0.1, 0.15) is 5.82 Å². The van der Waals surface area contributed by atoms with E-state index < -0.39 is 12.2 Å². The number of hydrogen-bond donors (Lipinski definition) is 3. The molecule has 0 radical (unpaired) electrons. The van der Waals surface area contributed by atoms with Crippen molar-refractivity contribution in [1.29, 1.82) is 0 Å². The number of piperidine rings is 1. The van der Waals surface area contributed by atoms with Crippen LogP contribution in [0.25, 0.3) is 0 Å². The maximum Gasteiger partial charge on any atom is 0.406 e. The van der Waals surface area contributed by atoms with Crippen LogP contribution in [-0.2, 0) is 14.2 Å². The molecular formula is C27H43FN4O5. The highest BCUT2D eigenvalue weighted by atomic mass is 19.1. The normalized spacial score (nSPS) is 20.2. The minimum absolute atomic E-state index is 0.00336. The third-order valence-corrected chi connectivity index (χ3v) is 7.31. The van der Waals surface area contributed by atoms with E-state index in [1.807, 2.05) is 18.9 Å². The summed E-state index contributed by atoms with van der Waals surface area (Å²) in [6.07, 6.45) is 3.74. The van der Waals surface area contributed by atoms with E-state index in [-0.39, 0.29) is 37.0 Å². The molecule has 10 heteroatoms. The molecule has 1 aromatic carbocycles. The Balaban J connectivity index is 1.66. The van der Waals surface area contributed by atoms with Gasteiger partial charge >= 0.3 is 12.1 Å². The van der Waals surface area contributed by atoms with Gasteiger partial charge in [-0.1, -0.05) is 6.07 Å². The van der Waals surface area contributed by atoms with Crippen molar-refractivity contribution in [2.24, 2.45) is 11.8 Å². The highest BCUT2D eigenvalue weighted by Crippen LogP contribution is 2.35. The summed E-state index contributed by atoms with van der Waals surface area (Å²) in [6, 6.07) is 4.68. The first-order valence-electron chi connectivity index (χ1n) is 13.4. The van der Waals surface area contributed by atoms with Crippen LogP contribution in [0.15, 0.2) is 18.2 Å². The second kappa shape index (κ2) is 15.1. The number of ether oxygens (including phenoxy) is 3. The van der Waals surface area contributed by atoms with Gasteiger partial charge in [-0.2, -0.15) is 0 Å². The van der Waals surface area contributed by atoms with Gasteiger partial charge in [-0.3, -0.25) is 0 Å². The third kappa shape index (κ3) is 9.12. The first kappa shape index (κ1) is 29.1. The highest BCUT2D eigenvalue weighted by Gasteiger charge is 2.33. The second-order valence-electron chi connectivity index (χ2n) is 10.1. The third-order valence-electron chi connectivity index (χ3n) is 7.31. The van der Waals surface area contributed by atoms with Gasteiger partial charge in [-0.15, -0.1) is 0 Å². The zero-order valence-corrected chi connectivity index (χ0v) is 22.4. The molecule has 0 aliphatic carbocycles. The van der Waals surface area contributed by atoms with Crippen LogP contribution in [0.2, 0.25) is 0 Å². The number of amides is 3. The highest BCUT2D eigenvalue weighted by molar-refractivity contribution is 5.74. The second-order valence-corrected chi connectivity index (χ2v) is 10.1. The molecule has 0 bridgehead atoms. The molecule has 1 aromatic rings. The number of nitrogens with one attached hydrogen (secondary N) is 3. The number of hydrogen-bond acceptors (Lipinski definition) is 6. The van der Waals surface area contributed by atoms with E-state index >= 15 is 0 Å². The Bertz CT molecular complexity index is 867. The van der Waals surface area contributed by atoms with Gasteiger partial charge in [-0.05, 0) is 75.3 Å². The van der Waals surface area contributed by atoms with Crippen molar-refractivity contribution in [1.82, 2.24) is 20.9 Å². The molecule has 3 amide bonds. The fraction of sp³-hybridized carbons (Fsp3) is 0.704. The molecule has 9 nitrogen and oxygen atoms in total. The molecule has 0 unspecified atom stereocenters. The van der Waals surface area contributed by atoms with E-state index in [4.69, 9.17) is 9.47 Å². The van der Waals surface area contributed by atoms with Gasteiger partial charge in [-0.25, -0.2) is 14.0 Å². The van der Waals surface area contributed by atoms with Crippen molar-refractivity contribution >= 4 is 12.1 Å². The zero-order chi connectivity index (χ0) is 26.6. The molecule has 2 saturated heterocycles. The molecule has 2 aliphatic heterocycles. The number of benzene rings is 1. The van der Waals surface area contributed by atoms with E-state index in [9.17, 15) is 14.0 Å². The minimum atomic E-state index is -0.528. The number of nitrogens with zero attached hydrogens (tertiary/aromatic N) is 1. The molecule has 2 heterocycles. The molecule has 2 fully saturated rings. The lowest BCUT2D eigenvalue weighted by Crippen LogP contribution is -2.52. The molecule has 0 saturated carbocycles. The Labute approximate surface area is 219 Å². The number of halogens is 1. The van der Waals surface area contributed by atoms with Gasteiger partial charge < -0.3 is 35.1 Å². The zero-order valence-electron chi connectivity index (χ0n) is 22.4. The predicted octanol–water partition coefficient (Wildman–Crippen LogP) is 3.37. The summed E-state index contributed by atoms with van der Waals surface area (Å²) in [4.78, 5) is 26.6. The maximum absolute atomic E-state index is 14.2. The van der Waals surface area contributed by atoms with E-state index in [1.54, 1.807) is 6.07 Å². The summed E-state index contributed by atoms with van der Waals surface area (Å²) in [5.74, 6) is 0.223. The largest absolute Gasteiger partial charge is 0.453 e. The smallest absolute Gasteiger partial charge is 0.406 e. The van der Waals surface area contributed by atoms with Gasteiger partial charge in [0.25, 0.3) is 0 Å². The number of rotatable bonds is 11. The summed E-state index contributed by atoms with van der Waals surface area (Å²) < 4.78 is 30.5. The lowest BCUT2D eigenvalue weighted by molar-refractivity contribution is -0.00919. The van der Waals surface area contributed by atoms with Crippen molar-refractivity contribution in [2.75, 3.05) is 60.2 Å². The number of aryl methyl sites for hydroxylation is 1. The Morgan fingerprint density at radius 2 is 2.03 bits per heavy atom. The van der Waals surface area contributed by atoms with Crippen LogP contribution < -0.4 is 16.0 Å².